The van der Waals surface area contributed by atoms with E-state index in [4.69, 9.17) is 16.0 Å². The van der Waals surface area contributed by atoms with Crippen LogP contribution in [-0.4, -0.2) is 52.8 Å². The van der Waals surface area contributed by atoms with Gasteiger partial charge in [-0.2, -0.15) is 0 Å². The third-order valence-electron chi connectivity index (χ3n) is 7.33. The fourth-order valence-electron chi connectivity index (χ4n) is 5.43. The van der Waals surface area contributed by atoms with Gasteiger partial charge in [-0.25, -0.2) is 0 Å². The number of unbranched alkanes of at least 4 members (excludes halogenated alkanes) is 1. The number of nitrogens with one attached hydrogen (secondary N) is 1. The summed E-state index contributed by atoms with van der Waals surface area (Å²) in [6.07, 6.45) is 4.81. The molecule has 1 aromatic heterocycles. The summed E-state index contributed by atoms with van der Waals surface area (Å²) in [7, 11) is 0. The zero-order valence-corrected chi connectivity index (χ0v) is 21.9. The summed E-state index contributed by atoms with van der Waals surface area (Å²) in [5, 5.41) is 3.81. The van der Waals surface area contributed by atoms with Crippen LogP contribution in [0, 0.1) is 5.92 Å². The van der Waals surface area contributed by atoms with Gasteiger partial charge in [-0.1, -0.05) is 38.8 Å². The molecule has 6 nitrogen and oxygen atoms in total. The second-order valence-electron chi connectivity index (χ2n) is 10.4. The molecular formula is C28H38ClN3O3. The van der Waals surface area contributed by atoms with E-state index in [1.807, 2.05) is 41.3 Å². The van der Waals surface area contributed by atoms with E-state index in [0.717, 1.165) is 49.4 Å². The van der Waals surface area contributed by atoms with Crippen LogP contribution in [0.2, 0.25) is 5.02 Å². The smallest absolute Gasteiger partial charge is 0.246 e. The van der Waals surface area contributed by atoms with Crippen LogP contribution in [0.15, 0.2) is 40.8 Å². The largest absolute Gasteiger partial charge is 0.460 e. The van der Waals surface area contributed by atoms with Gasteiger partial charge in [0.15, 0.2) is 0 Å². The summed E-state index contributed by atoms with van der Waals surface area (Å²) in [6, 6.07) is 11.2. The van der Waals surface area contributed by atoms with Crippen LogP contribution in [0.5, 0.6) is 0 Å². The normalized spacial score (nSPS) is 23.7. The summed E-state index contributed by atoms with van der Waals surface area (Å²) in [6.45, 7) is 9.27. The second kappa shape index (κ2) is 11.2. The fraction of sp³-hybridized carbons (Fsp3) is 0.571. The third-order valence-corrected chi connectivity index (χ3v) is 7.58. The number of amides is 2. The molecular weight excluding hydrogens is 462 g/mol. The number of likely N-dealkylation sites (tertiary alicyclic amines) is 1. The molecule has 2 amide bonds. The first-order valence-electron chi connectivity index (χ1n) is 13.0. The molecule has 7 heteroatoms. The van der Waals surface area contributed by atoms with E-state index >= 15 is 0 Å². The number of nitrogens with zero attached hydrogens (tertiary/aromatic N) is 2. The highest BCUT2D eigenvalue weighted by molar-refractivity contribution is 6.30. The Morgan fingerprint density at radius 2 is 1.89 bits per heavy atom. The SMILES string of the molecule is CCCCN1C(=O)C(CC(C)C)NC(=O)C12CCCN(Cc1ccc(-c3ccc(Cl)cc3)o1)CC2. The minimum atomic E-state index is -0.744. The standard InChI is InChI=1S/C28H38ClN3O3/c1-4-5-16-32-26(33)24(18-20(2)3)30-27(34)28(32)13-6-15-31(17-14-28)19-23-11-12-25(35-23)21-7-9-22(29)10-8-21/h7-12,20,24H,4-6,13-19H2,1-3H3,(H,30,34). The highest BCUT2D eigenvalue weighted by atomic mass is 35.5. The second-order valence-corrected chi connectivity index (χ2v) is 10.9. The molecule has 35 heavy (non-hydrogen) atoms. The topological polar surface area (TPSA) is 65.8 Å². The molecule has 2 aliphatic heterocycles. The lowest BCUT2D eigenvalue weighted by Crippen LogP contribution is -2.71. The first kappa shape index (κ1) is 25.8. The molecule has 2 aliphatic rings. The van der Waals surface area contributed by atoms with Crippen LogP contribution in [0.3, 0.4) is 0 Å². The monoisotopic (exact) mass is 499 g/mol. The van der Waals surface area contributed by atoms with Crippen LogP contribution < -0.4 is 5.32 Å². The predicted octanol–water partition coefficient (Wildman–Crippen LogP) is 5.50. The molecule has 2 atom stereocenters. The number of halogens is 1. The lowest BCUT2D eigenvalue weighted by molar-refractivity contribution is -0.159. The van der Waals surface area contributed by atoms with Gasteiger partial charge in [0, 0.05) is 23.7 Å². The Bertz CT molecular complexity index is 1020. The summed E-state index contributed by atoms with van der Waals surface area (Å²) >= 11 is 6.01. The van der Waals surface area contributed by atoms with E-state index in [0.29, 0.717) is 43.3 Å². The lowest BCUT2D eigenvalue weighted by atomic mass is 9.83. The molecule has 2 saturated heterocycles. The minimum Gasteiger partial charge on any atom is -0.460 e. The van der Waals surface area contributed by atoms with Crippen molar-refractivity contribution < 1.29 is 14.0 Å². The molecule has 0 radical (unpaired) electrons. The van der Waals surface area contributed by atoms with Gasteiger partial charge in [0.2, 0.25) is 11.8 Å². The van der Waals surface area contributed by atoms with Gasteiger partial charge in [-0.3, -0.25) is 14.5 Å². The Kier molecular flexibility index (Phi) is 8.23. The van der Waals surface area contributed by atoms with E-state index in [1.54, 1.807) is 0 Å². The molecule has 0 aliphatic carbocycles. The van der Waals surface area contributed by atoms with Gasteiger partial charge in [0.1, 0.15) is 23.1 Å². The number of piperazine rings is 1. The van der Waals surface area contributed by atoms with E-state index in [1.165, 1.54) is 0 Å². The summed E-state index contributed by atoms with van der Waals surface area (Å²) < 4.78 is 6.12. The lowest BCUT2D eigenvalue weighted by Gasteiger charge is -2.48. The Morgan fingerprint density at radius 1 is 1.11 bits per heavy atom. The van der Waals surface area contributed by atoms with Gasteiger partial charge in [0.25, 0.3) is 0 Å². The predicted molar refractivity (Wildman–Crippen MR) is 139 cm³/mol. The average Bonchev–Trinajstić information content (AvgIpc) is 3.18. The Morgan fingerprint density at radius 3 is 2.60 bits per heavy atom. The molecule has 0 bridgehead atoms. The first-order valence-corrected chi connectivity index (χ1v) is 13.4. The van der Waals surface area contributed by atoms with Crippen LogP contribution in [0.1, 0.15) is 65.1 Å². The average molecular weight is 500 g/mol. The van der Waals surface area contributed by atoms with E-state index in [2.05, 4.69) is 31.0 Å². The summed E-state index contributed by atoms with van der Waals surface area (Å²) in [5.41, 5.74) is 0.252. The summed E-state index contributed by atoms with van der Waals surface area (Å²) in [5.74, 6) is 2.20. The Hall–Kier alpha value is -2.31. The number of carbonyl (C=O) groups is 2. The number of furan rings is 1. The van der Waals surface area contributed by atoms with Crippen molar-refractivity contribution in [2.45, 2.75) is 77.4 Å². The van der Waals surface area contributed by atoms with Crippen molar-refractivity contribution in [1.29, 1.82) is 0 Å². The van der Waals surface area contributed by atoms with E-state index in [9.17, 15) is 9.59 Å². The van der Waals surface area contributed by atoms with Crippen molar-refractivity contribution in [1.82, 2.24) is 15.1 Å². The first-order chi connectivity index (χ1) is 16.8. The molecule has 0 saturated carbocycles. The molecule has 3 heterocycles. The Labute approximate surface area is 214 Å². The third kappa shape index (κ3) is 5.75. The number of benzene rings is 1. The Balaban J connectivity index is 1.46. The van der Waals surface area contributed by atoms with Crippen LogP contribution in [0.4, 0.5) is 0 Å². The summed E-state index contributed by atoms with van der Waals surface area (Å²) in [4.78, 5) is 31.3. The zero-order valence-electron chi connectivity index (χ0n) is 21.2. The molecule has 2 aromatic rings. The van der Waals surface area contributed by atoms with Gasteiger partial charge in [-0.15, -0.1) is 0 Å². The number of hydrogen-bond acceptors (Lipinski definition) is 4. The fourth-order valence-corrected chi connectivity index (χ4v) is 5.56. The number of hydrogen-bond donors (Lipinski definition) is 1. The maximum absolute atomic E-state index is 13.5. The molecule has 4 rings (SSSR count). The van der Waals surface area contributed by atoms with Crippen molar-refractivity contribution in [3.8, 4) is 11.3 Å². The maximum Gasteiger partial charge on any atom is 0.246 e. The van der Waals surface area contributed by atoms with Crippen LogP contribution in [-0.2, 0) is 16.1 Å². The minimum absolute atomic E-state index is 0.0312. The van der Waals surface area contributed by atoms with Gasteiger partial charge in [-0.05, 0) is 81.0 Å². The van der Waals surface area contributed by atoms with Crippen molar-refractivity contribution in [3.05, 3.63) is 47.2 Å². The highest BCUT2D eigenvalue weighted by Gasteiger charge is 2.52. The van der Waals surface area contributed by atoms with Crippen molar-refractivity contribution in [2.75, 3.05) is 19.6 Å². The molecule has 1 spiro atoms. The molecule has 190 valence electrons. The van der Waals surface area contributed by atoms with Crippen molar-refractivity contribution in [2.24, 2.45) is 5.92 Å². The van der Waals surface area contributed by atoms with Crippen LogP contribution in [0.25, 0.3) is 11.3 Å². The molecule has 2 fully saturated rings. The number of rotatable bonds is 8. The highest BCUT2D eigenvalue weighted by Crippen LogP contribution is 2.35. The van der Waals surface area contributed by atoms with Crippen molar-refractivity contribution in [3.63, 3.8) is 0 Å². The zero-order chi connectivity index (χ0) is 25.0. The van der Waals surface area contributed by atoms with Crippen LogP contribution >= 0.6 is 11.6 Å². The molecule has 1 aromatic carbocycles. The number of carbonyl (C=O) groups excluding carboxylic acids is 2. The molecule has 1 N–H and O–H groups in total. The van der Waals surface area contributed by atoms with E-state index < -0.39 is 11.6 Å². The van der Waals surface area contributed by atoms with Crippen molar-refractivity contribution >= 4 is 23.4 Å². The van der Waals surface area contributed by atoms with Gasteiger partial charge < -0.3 is 14.6 Å². The molecule has 2 unspecified atom stereocenters. The van der Waals surface area contributed by atoms with E-state index in [-0.39, 0.29) is 11.8 Å². The van der Waals surface area contributed by atoms with Gasteiger partial charge in [0.05, 0.1) is 6.54 Å². The maximum atomic E-state index is 13.5. The quantitative estimate of drug-likeness (QED) is 0.521. The van der Waals surface area contributed by atoms with Gasteiger partial charge >= 0.3 is 0 Å².